The molecule has 1 aromatic heterocycles. The average Bonchev–Trinajstić information content (AvgIpc) is 2.42. The second-order valence-electron chi connectivity index (χ2n) is 3.97. The Bertz CT molecular complexity index is 495. The zero-order chi connectivity index (χ0) is 13.5. The van der Waals surface area contributed by atoms with Crippen LogP contribution in [-0.2, 0) is 12.8 Å². The molecule has 0 aliphatic rings. The van der Waals surface area contributed by atoms with Crippen LogP contribution >= 0.6 is 0 Å². The Labute approximate surface area is 108 Å². The van der Waals surface area contributed by atoms with Gasteiger partial charge in [-0.3, -0.25) is 0 Å². The maximum absolute atomic E-state index is 9.32. The summed E-state index contributed by atoms with van der Waals surface area (Å²) in [5, 5.41) is 26.2. The number of anilines is 1. The molecular weight excluding hydrogens is 226 g/mol. The van der Waals surface area contributed by atoms with Crippen LogP contribution in [0.2, 0.25) is 0 Å². The molecule has 5 nitrogen and oxygen atoms in total. The van der Waals surface area contributed by atoms with Gasteiger partial charge in [0.2, 0.25) is 0 Å². The molecule has 5 heteroatoms. The lowest BCUT2D eigenvalue weighted by atomic mass is 10.0. The molecule has 0 saturated heterocycles. The molecule has 0 amide bonds. The highest BCUT2D eigenvalue weighted by atomic mass is 15.2. The van der Waals surface area contributed by atoms with Gasteiger partial charge >= 0.3 is 0 Å². The molecule has 1 aromatic rings. The summed E-state index contributed by atoms with van der Waals surface area (Å²) in [6, 6.07) is 4.30. The first kappa shape index (κ1) is 13.9. The third-order valence-corrected chi connectivity index (χ3v) is 2.86. The van der Waals surface area contributed by atoms with Crippen molar-refractivity contribution in [2.24, 2.45) is 0 Å². The van der Waals surface area contributed by atoms with Crippen LogP contribution in [0.3, 0.4) is 0 Å². The predicted molar refractivity (Wildman–Crippen MR) is 69.0 cm³/mol. The lowest BCUT2D eigenvalue weighted by Gasteiger charge is -2.19. The SMILES string of the molecule is CCc1nnc(N(C)CCC#N)c(C#N)c1CC. The predicted octanol–water partition coefficient (Wildman–Crippen LogP) is 1.82. The van der Waals surface area contributed by atoms with E-state index < -0.39 is 0 Å². The van der Waals surface area contributed by atoms with E-state index in [0.29, 0.717) is 24.3 Å². The van der Waals surface area contributed by atoms with E-state index in [9.17, 15) is 5.26 Å². The smallest absolute Gasteiger partial charge is 0.169 e. The third-order valence-electron chi connectivity index (χ3n) is 2.86. The van der Waals surface area contributed by atoms with Gasteiger partial charge in [-0.05, 0) is 18.4 Å². The first-order valence-electron chi connectivity index (χ1n) is 6.06. The third kappa shape index (κ3) is 2.75. The minimum absolute atomic E-state index is 0.403. The van der Waals surface area contributed by atoms with Crippen LogP contribution in [-0.4, -0.2) is 23.8 Å². The molecule has 0 spiro atoms. The molecule has 1 rings (SSSR count). The normalized spacial score (nSPS) is 9.61. The molecule has 0 atom stereocenters. The second kappa shape index (κ2) is 6.56. The lowest BCUT2D eigenvalue weighted by molar-refractivity contribution is 0.817. The monoisotopic (exact) mass is 243 g/mol. The molecule has 0 saturated carbocycles. The molecule has 0 aromatic carbocycles. The number of nitriles is 2. The van der Waals surface area contributed by atoms with Crippen LogP contribution in [0.15, 0.2) is 0 Å². The Balaban J connectivity index is 3.22. The summed E-state index contributed by atoms with van der Waals surface area (Å²) in [4.78, 5) is 1.81. The van der Waals surface area contributed by atoms with Crippen LogP contribution < -0.4 is 4.90 Å². The molecule has 18 heavy (non-hydrogen) atoms. The van der Waals surface area contributed by atoms with Crippen LogP contribution in [0.1, 0.15) is 37.1 Å². The highest BCUT2D eigenvalue weighted by Crippen LogP contribution is 2.22. The maximum Gasteiger partial charge on any atom is 0.169 e. The van der Waals surface area contributed by atoms with Gasteiger partial charge in [0, 0.05) is 13.6 Å². The molecule has 94 valence electrons. The van der Waals surface area contributed by atoms with E-state index in [-0.39, 0.29) is 0 Å². The van der Waals surface area contributed by atoms with Gasteiger partial charge in [0.05, 0.1) is 18.2 Å². The molecule has 0 aliphatic carbocycles. The van der Waals surface area contributed by atoms with E-state index in [1.165, 1.54) is 0 Å². The molecule has 0 unspecified atom stereocenters. The van der Waals surface area contributed by atoms with Crippen LogP contribution in [0.25, 0.3) is 0 Å². The standard InChI is InChI=1S/C13H17N5/c1-4-10-11(9-15)13(17-16-12(10)5-2)18(3)8-6-7-14/h4-6,8H2,1-3H3. The fourth-order valence-electron chi connectivity index (χ4n) is 1.87. The van der Waals surface area contributed by atoms with Gasteiger partial charge < -0.3 is 4.90 Å². The zero-order valence-electron chi connectivity index (χ0n) is 11.1. The van der Waals surface area contributed by atoms with E-state index in [1.807, 2.05) is 25.8 Å². The number of aromatic nitrogens is 2. The quantitative estimate of drug-likeness (QED) is 0.788. The van der Waals surface area contributed by atoms with Crippen molar-refractivity contribution in [3.63, 3.8) is 0 Å². The minimum Gasteiger partial charge on any atom is -0.356 e. The number of hydrogen-bond donors (Lipinski definition) is 0. The highest BCUT2D eigenvalue weighted by molar-refractivity contribution is 5.57. The number of hydrogen-bond acceptors (Lipinski definition) is 5. The lowest BCUT2D eigenvalue weighted by Crippen LogP contribution is -2.22. The Morgan fingerprint density at radius 3 is 2.39 bits per heavy atom. The van der Waals surface area contributed by atoms with Crippen molar-refractivity contribution in [1.82, 2.24) is 10.2 Å². The Morgan fingerprint density at radius 2 is 1.89 bits per heavy atom. The summed E-state index contributed by atoms with van der Waals surface area (Å²) in [7, 11) is 1.83. The molecule has 0 aliphatic heterocycles. The van der Waals surface area contributed by atoms with Gasteiger partial charge in [-0.1, -0.05) is 13.8 Å². The minimum atomic E-state index is 0.403. The fraction of sp³-hybridized carbons (Fsp3) is 0.538. The van der Waals surface area contributed by atoms with Gasteiger partial charge in [-0.2, -0.15) is 15.6 Å². The van der Waals surface area contributed by atoms with E-state index in [4.69, 9.17) is 5.26 Å². The number of rotatable bonds is 5. The summed E-state index contributed by atoms with van der Waals surface area (Å²) in [5.74, 6) is 0.571. The molecule has 0 bridgehead atoms. The molecule has 0 N–H and O–H groups in total. The van der Waals surface area contributed by atoms with Gasteiger partial charge in [-0.15, -0.1) is 5.10 Å². The van der Waals surface area contributed by atoms with Crippen molar-refractivity contribution in [3.05, 3.63) is 16.8 Å². The molecule has 1 heterocycles. The van der Waals surface area contributed by atoms with Gasteiger partial charge in [-0.25, -0.2) is 0 Å². The van der Waals surface area contributed by atoms with Crippen molar-refractivity contribution in [2.45, 2.75) is 33.1 Å². The topological polar surface area (TPSA) is 76.6 Å². The van der Waals surface area contributed by atoms with Crippen molar-refractivity contribution < 1.29 is 0 Å². The Kier molecular flexibility index (Phi) is 5.07. The summed E-state index contributed by atoms with van der Waals surface area (Å²) in [6.45, 7) is 4.56. The fourth-order valence-corrected chi connectivity index (χ4v) is 1.87. The largest absolute Gasteiger partial charge is 0.356 e. The van der Waals surface area contributed by atoms with Crippen LogP contribution in [0, 0.1) is 22.7 Å². The van der Waals surface area contributed by atoms with E-state index in [1.54, 1.807) is 0 Å². The van der Waals surface area contributed by atoms with E-state index >= 15 is 0 Å². The van der Waals surface area contributed by atoms with E-state index in [0.717, 1.165) is 24.1 Å². The first-order chi connectivity index (χ1) is 8.69. The Hall–Kier alpha value is -2.14. The van der Waals surface area contributed by atoms with Crippen molar-refractivity contribution in [1.29, 1.82) is 10.5 Å². The average molecular weight is 243 g/mol. The van der Waals surface area contributed by atoms with Gasteiger partial charge in [0.15, 0.2) is 5.82 Å². The van der Waals surface area contributed by atoms with Crippen molar-refractivity contribution in [3.8, 4) is 12.1 Å². The number of aryl methyl sites for hydroxylation is 1. The second-order valence-corrected chi connectivity index (χ2v) is 3.97. The summed E-state index contributed by atoms with van der Waals surface area (Å²) >= 11 is 0. The van der Waals surface area contributed by atoms with Gasteiger partial charge in [0.25, 0.3) is 0 Å². The Morgan fingerprint density at radius 1 is 1.17 bits per heavy atom. The maximum atomic E-state index is 9.32. The molecular formula is C13H17N5. The zero-order valence-corrected chi connectivity index (χ0v) is 11.1. The van der Waals surface area contributed by atoms with Gasteiger partial charge in [0.1, 0.15) is 11.6 Å². The van der Waals surface area contributed by atoms with Crippen molar-refractivity contribution >= 4 is 5.82 Å². The number of nitrogens with zero attached hydrogens (tertiary/aromatic N) is 5. The van der Waals surface area contributed by atoms with Crippen molar-refractivity contribution in [2.75, 3.05) is 18.5 Å². The summed E-state index contributed by atoms with van der Waals surface area (Å²) in [5.41, 5.74) is 2.44. The highest BCUT2D eigenvalue weighted by Gasteiger charge is 2.16. The molecule has 0 fully saturated rings. The van der Waals surface area contributed by atoms with Crippen LogP contribution in [0.4, 0.5) is 5.82 Å². The van der Waals surface area contributed by atoms with E-state index in [2.05, 4.69) is 22.3 Å². The first-order valence-corrected chi connectivity index (χ1v) is 6.06. The molecule has 0 radical (unpaired) electrons. The van der Waals surface area contributed by atoms with Crippen LogP contribution in [0.5, 0.6) is 0 Å². The summed E-state index contributed by atoms with van der Waals surface area (Å²) < 4.78 is 0. The summed E-state index contributed by atoms with van der Waals surface area (Å²) in [6.07, 6.45) is 1.94.